The molecule has 0 aromatic heterocycles. The normalized spacial score (nSPS) is 21.5. The van der Waals surface area contributed by atoms with E-state index in [9.17, 15) is 0 Å². The predicted molar refractivity (Wildman–Crippen MR) is 42.3 cm³/mol. The molecule has 0 aliphatic carbocycles. The summed E-state index contributed by atoms with van der Waals surface area (Å²) >= 11 is 0. The van der Waals surface area contributed by atoms with Crippen molar-refractivity contribution in [2.45, 2.75) is 39.7 Å². The molecule has 56 valence electrons. The number of hydrogen-bond donors (Lipinski definition) is 1. The fraction of sp³-hybridized carbons (Fsp3) is 0.875. The zero-order chi connectivity index (χ0) is 7.11. The Balaban J connectivity index is -0.000000149. The minimum absolute atomic E-state index is 0. The molecule has 1 aliphatic heterocycles. The van der Waals surface area contributed by atoms with Crippen molar-refractivity contribution in [1.82, 2.24) is 5.32 Å². The maximum atomic E-state index is 3.35. The molecule has 0 aromatic carbocycles. The first kappa shape index (κ1) is 20.0. The van der Waals surface area contributed by atoms with Crippen molar-refractivity contribution in [1.29, 1.82) is 0 Å². The van der Waals surface area contributed by atoms with Gasteiger partial charge in [0.15, 0.2) is 0 Å². The van der Waals surface area contributed by atoms with Gasteiger partial charge in [0.2, 0.25) is 0 Å². The maximum Gasteiger partial charge on any atom is 1.00 e. The molecule has 1 saturated heterocycles. The zero-order valence-electron chi connectivity index (χ0n) is 8.78. The minimum atomic E-state index is 0. The van der Waals surface area contributed by atoms with Crippen molar-refractivity contribution in [2.24, 2.45) is 0 Å². The van der Waals surface area contributed by atoms with Gasteiger partial charge in [0.25, 0.3) is 0 Å². The van der Waals surface area contributed by atoms with E-state index in [0.29, 0.717) is 0 Å². The smallest absolute Gasteiger partial charge is 0.326 e. The minimum Gasteiger partial charge on any atom is -0.326 e. The molecule has 1 unspecified atom stereocenters. The Bertz CT molecular complexity index is 54.1. The van der Waals surface area contributed by atoms with Crippen LogP contribution in [-0.4, -0.2) is 12.6 Å². The summed E-state index contributed by atoms with van der Waals surface area (Å²) < 4.78 is 0. The Kier molecular flexibility index (Phi) is 29.2. The molecule has 0 amide bonds. The quantitative estimate of drug-likeness (QED) is 0.450. The second kappa shape index (κ2) is 16.0. The van der Waals surface area contributed by atoms with Crippen LogP contribution >= 0.6 is 0 Å². The van der Waals surface area contributed by atoms with E-state index in [1.54, 1.807) is 0 Å². The van der Waals surface area contributed by atoms with Gasteiger partial charge in [0, 0.05) is 0 Å². The molecule has 0 saturated carbocycles. The number of piperidine rings is 1. The third-order valence-corrected chi connectivity index (χ3v) is 1.36. The average molecular weight is 299 g/mol. The molecule has 1 atom stereocenters. The molecular formula is C8H18NRb2+. The van der Waals surface area contributed by atoms with Crippen LogP contribution in [0.3, 0.4) is 0 Å². The van der Waals surface area contributed by atoms with Crippen LogP contribution in [0.4, 0.5) is 0 Å². The largest absolute Gasteiger partial charge is 1.00 e. The fourth-order valence-electron chi connectivity index (χ4n) is 0.883. The molecule has 0 aromatic rings. The van der Waals surface area contributed by atoms with Gasteiger partial charge >= 0.3 is 116 Å². The van der Waals surface area contributed by atoms with Gasteiger partial charge in [0.05, 0.1) is 0 Å². The van der Waals surface area contributed by atoms with Crippen molar-refractivity contribution >= 4 is 0 Å². The van der Waals surface area contributed by atoms with Crippen molar-refractivity contribution in [3.8, 4) is 0 Å². The van der Waals surface area contributed by atoms with Crippen molar-refractivity contribution in [3.63, 3.8) is 0 Å². The summed E-state index contributed by atoms with van der Waals surface area (Å²) in [6.07, 6.45) is 4.85. The molecule has 1 fully saturated rings. The van der Waals surface area contributed by atoms with Crippen LogP contribution in [0.5, 0.6) is 0 Å². The molecule has 0 bridgehead atoms. The molecule has 1 heterocycles. The monoisotopic (exact) mass is 298 g/mol. The van der Waals surface area contributed by atoms with Gasteiger partial charge in [-0.1, -0.05) is 20.8 Å². The van der Waals surface area contributed by atoms with E-state index >= 15 is 0 Å². The van der Waals surface area contributed by atoms with E-state index in [1.165, 1.54) is 19.4 Å². The number of nitrogens with one attached hydrogen (secondary N) is 1. The Labute approximate surface area is 169 Å². The van der Waals surface area contributed by atoms with Gasteiger partial charge in [-0.2, -0.15) is 12.8 Å². The van der Waals surface area contributed by atoms with Crippen LogP contribution in [0.15, 0.2) is 0 Å². The molecule has 0 spiro atoms. The number of rotatable bonds is 0. The third-order valence-electron chi connectivity index (χ3n) is 1.36. The Hall–Kier alpha value is 3.57. The first-order chi connectivity index (χ1) is 4.39. The van der Waals surface area contributed by atoms with E-state index in [2.05, 4.69) is 18.7 Å². The Morgan fingerprint density at radius 3 is 2.00 bits per heavy atom. The van der Waals surface area contributed by atoms with Crippen LogP contribution in [0.1, 0.15) is 33.6 Å². The van der Waals surface area contributed by atoms with Gasteiger partial charge in [-0.15, -0.1) is 0 Å². The average Bonchev–Trinajstić information content (AvgIpc) is 1.94. The van der Waals surface area contributed by atoms with Gasteiger partial charge in [-0.25, -0.2) is 0 Å². The Morgan fingerprint density at radius 2 is 1.82 bits per heavy atom. The summed E-state index contributed by atoms with van der Waals surface area (Å²) in [7, 11) is 0. The second-order valence-corrected chi connectivity index (χ2v) is 2.17. The van der Waals surface area contributed by atoms with Crippen molar-refractivity contribution in [3.05, 3.63) is 6.42 Å². The van der Waals surface area contributed by atoms with Gasteiger partial charge in [0.1, 0.15) is 0 Å². The van der Waals surface area contributed by atoms with Gasteiger partial charge in [-0.3, -0.25) is 0 Å². The van der Waals surface area contributed by atoms with E-state index in [4.69, 9.17) is 0 Å². The molecule has 1 N–H and O–H groups in total. The van der Waals surface area contributed by atoms with Crippen LogP contribution in [-0.2, 0) is 0 Å². The molecule has 1 aliphatic rings. The van der Waals surface area contributed by atoms with Crippen molar-refractivity contribution < 1.29 is 116 Å². The second-order valence-electron chi connectivity index (χ2n) is 2.17. The molecule has 0 radical (unpaired) electrons. The predicted octanol–water partition coefficient (Wildman–Crippen LogP) is -4.00. The van der Waals surface area contributed by atoms with Crippen LogP contribution in [0.25, 0.3) is 0 Å². The topological polar surface area (TPSA) is 12.0 Å². The molecule has 11 heavy (non-hydrogen) atoms. The third kappa shape index (κ3) is 13.6. The summed E-state index contributed by atoms with van der Waals surface area (Å²) in [4.78, 5) is 0. The van der Waals surface area contributed by atoms with Crippen LogP contribution < -0.4 is 122 Å². The molecular weight excluding hydrogens is 281 g/mol. The summed E-state index contributed by atoms with van der Waals surface area (Å²) in [5, 5.41) is 3.35. The molecule has 1 nitrogen and oxygen atoms in total. The Morgan fingerprint density at radius 1 is 1.27 bits per heavy atom. The SMILES string of the molecule is CC.CC1C[CH-]CCN1.[Rb+].[Rb+]. The van der Waals surface area contributed by atoms with Crippen molar-refractivity contribution in [2.75, 3.05) is 6.54 Å². The summed E-state index contributed by atoms with van der Waals surface area (Å²) in [6.45, 7) is 7.40. The fourth-order valence-corrected chi connectivity index (χ4v) is 0.883. The summed E-state index contributed by atoms with van der Waals surface area (Å²) in [6, 6.07) is 0.730. The summed E-state index contributed by atoms with van der Waals surface area (Å²) in [5.74, 6) is 0. The van der Waals surface area contributed by atoms with Crippen LogP contribution in [0, 0.1) is 6.42 Å². The standard InChI is InChI=1S/C6H12N.C2H6.2Rb/c1-6-4-2-3-5-7-6;1-2;;/h2,6-7H,3-5H2,1H3;1-2H3;;/q-1;;2*+1. The van der Waals surface area contributed by atoms with E-state index in [0.717, 1.165) is 6.04 Å². The van der Waals surface area contributed by atoms with Crippen LogP contribution in [0.2, 0.25) is 0 Å². The van der Waals surface area contributed by atoms with E-state index in [1.807, 2.05) is 13.8 Å². The molecule has 3 heteroatoms. The van der Waals surface area contributed by atoms with Gasteiger partial charge < -0.3 is 11.7 Å². The van der Waals surface area contributed by atoms with Gasteiger partial charge in [-0.05, 0) is 12.6 Å². The molecule has 1 rings (SSSR count). The number of hydrogen-bond acceptors (Lipinski definition) is 1. The zero-order valence-corrected chi connectivity index (χ0v) is 18.6. The summed E-state index contributed by atoms with van der Waals surface area (Å²) in [5.41, 5.74) is 0. The first-order valence-corrected chi connectivity index (χ1v) is 3.94. The van der Waals surface area contributed by atoms with E-state index < -0.39 is 0 Å². The van der Waals surface area contributed by atoms with E-state index in [-0.39, 0.29) is 116 Å². The first-order valence-electron chi connectivity index (χ1n) is 3.94. The maximum absolute atomic E-state index is 3.35.